The summed E-state index contributed by atoms with van der Waals surface area (Å²) < 4.78 is 52.7. The van der Waals surface area contributed by atoms with Crippen LogP contribution in [0.3, 0.4) is 0 Å². The summed E-state index contributed by atoms with van der Waals surface area (Å²) >= 11 is 0. The molecule has 1 saturated heterocycles. The maximum Gasteiger partial charge on any atom is 0.433 e. The third-order valence-electron chi connectivity index (χ3n) is 5.46. The second-order valence-electron chi connectivity index (χ2n) is 7.99. The number of rotatable bonds is 5. The Morgan fingerprint density at radius 3 is 2.31 bits per heavy atom. The lowest BCUT2D eigenvalue weighted by Crippen LogP contribution is -2.46. The maximum absolute atomic E-state index is 13.7. The van der Waals surface area contributed by atoms with Crippen LogP contribution in [-0.4, -0.2) is 47.1 Å². The molecular formula is C23H23F4N7O. The van der Waals surface area contributed by atoms with Crippen molar-refractivity contribution in [1.82, 2.24) is 14.9 Å². The number of nitrogens with two attached hydrogens (primary N) is 1. The fraction of sp³-hybridized carbons (Fsp3) is 0.261. The molecule has 0 saturated carbocycles. The second-order valence-corrected chi connectivity index (χ2v) is 7.99. The molecule has 2 amide bonds. The van der Waals surface area contributed by atoms with Gasteiger partial charge in [0.2, 0.25) is 5.95 Å². The van der Waals surface area contributed by atoms with Crippen molar-refractivity contribution < 1.29 is 22.4 Å². The fourth-order valence-corrected chi connectivity index (χ4v) is 3.69. The first-order valence-electron chi connectivity index (χ1n) is 10.8. The summed E-state index contributed by atoms with van der Waals surface area (Å²) in [4.78, 5) is 23.3. The van der Waals surface area contributed by atoms with E-state index >= 15 is 0 Å². The van der Waals surface area contributed by atoms with Gasteiger partial charge in [-0.15, -0.1) is 0 Å². The number of urea groups is 1. The molecule has 1 fully saturated rings. The van der Waals surface area contributed by atoms with Crippen molar-refractivity contribution in [2.45, 2.75) is 12.7 Å². The summed E-state index contributed by atoms with van der Waals surface area (Å²) in [5.41, 5.74) is 6.05. The van der Waals surface area contributed by atoms with Crippen LogP contribution in [0.2, 0.25) is 0 Å². The average molecular weight is 489 g/mol. The number of amides is 2. The van der Waals surface area contributed by atoms with Gasteiger partial charge in [-0.3, -0.25) is 4.90 Å². The van der Waals surface area contributed by atoms with Gasteiger partial charge in [0.25, 0.3) is 0 Å². The molecule has 0 radical (unpaired) electrons. The Kier molecular flexibility index (Phi) is 7.01. The molecule has 1 aliphatic heterocycles. The highest BCUT2D eigenvalue weighted by Crippen LogP contribution is 2.30. The maximum atomic E-state index is 13.7. The molecule has 3 aromatic rings. The minimum Gasteiger partial charge on any atom is -0.368 e. The Balaban J connectivity index is 1.29. The lowest BCUT2D eigenvalue weighted by Gasteiger charge is -2.35. The van der Waals surface area contributed by atoms with Crippen molar-refractivity contribution in [1.29, 1.82) is 0 Å². The Morgan fingerprint density at radius 1 is 0.971 bits per heavy atom. The number of nitrogens with zero attached hydrogens (tertiary/aromatic N) is 4. The van der Waals surface area contributed by atoms with Gasteiger partial charge in [0.1, 0.15) is 11.6 Å². The van der Waals surface area contributed by atoms with E-state index in [-0.39, 0.29) is 11.5 Å². The van der Waals surface area contributed by atoms with Crippen LogP contribution in [0.25, 0.3) is 0 Å². The van der Waals surface area contributed by atoms with E-state index in [0.717, 1.165) is 11.6 Å². The van der Waals surface area contributed by atoms with Crippen molar-refractivity contribution >= 4 is 29.2 Å². The summed E-state index contributed by atoms with van der Waals surface area (Å²) in [5.74, 6) is -0.774. The fourth-order valence-electron chi connectivity index (χ4n) is 3.69. The molecule has 12 heteroatoms. The standard InChI is InChI=1S/C23H23F4N7O/c24-17-3-1-2-4-18(17)30-22(35)29-16-7-5-15(6-8-16)14-33-9-11-34(12-10-33)20-13-19(23(25,26)27)31-21(28)32-20/h1-8,13H,9-12,14H2,(H2,28,31,32)(H2,29,30,35). The van der Waals surface area contributed by atoms with Gasteiger partial charge >= 0.3 is 12.2 Å². The van der Waals surface area contributed by atoms with Gasteiger partial charge < -0.3 is 21.3 Å². The molecule has 4 rings (SSSR count). The molecule has 1 aliphatic rings. The number of nitrogens with one attached hydrogen (secondary N) is 2. The van der Waals surface area contributed by atoms with Gasteiger partial charge in [-0.25, -0.2) is 14.2 Å². The highest BCUT2D eigenvalue weighted by atomic mass is 19.4. The van der Waals surface area contributed by atoms with Crippen molar-refractivity contribution in [2.24, 2.45) is 0 Å². The van der Waals surface area contributed by atoms with Gasteiger partial charge in [0.05, 0.1) is 5.69 Å². The highest BCUT2D eigenvalue weighted by Gasteiger charge is 2.34. The van der Waals surface area contributed by atoms with Crippen LogP contribution in [0, 0.1) is 5.82 Å². The first-order chi connectivity index (χ1) is 16.7. The van der Waals surface area contributed by atoms with E-state index in [1.165, 1.54) is 18.2 Å². The van der Waals surface area contributed by atoms with E-state index in [1.54, 1.807) is 23.1 Å². The lowest BCUT2D eigenvalue weighted by atomic mass is 10.1. The minimum atomic E-state index is -4.59. The smallest absolute Gasteiger partial charge is 0.368 e. The van der Waals surface area contributed by atoms with E-state index in [0.29, 0.717) is 38.4 Å². The van der Waals surface area contributed by atoms with Crippen molar-refractivity contribution in [3.8, 4) is 0 Å². The van der Waals surface area contributed by atoms with Crippen molar-refractivity contribution in [3.63, 3.8) is 0 Å². The number of nitrogen functional groups attached to an aromatic ring is 1. The summed E-state index contributed by atoms with van der Waals surface area (Å²) in [5, 5.41) is 5.11. The van der Waals surface area contributed by atoms with E-state index in [1.807, 2.05) is 12.1 Å². The zero-order valence-electron chi connectivity index (χ0n) is 18.5. The Morgan fingerprint density at radius 2 is 1.66 bits per heavy atom. The van der Waals surface area contributed by atoms with Crippen LogP contribution in [-0.2, 0) is 12.7 Å². The van der Waals surface area contributed by atoms with E-state index < -0.39 is 29.7 Å². The van der Waals surface area contributed by atoms with E-state index in [4.69, 9.17) is 5.73 Å². The Labute approximate surface area is 198 Å². The number of para-hydroxylation sites is 1. The molecule has 184 valence electrons. The first kappa shape index (κ1) is 24.2. The van der Waals surface area contributed by atoms with Crippen LogP contribution in [0.1, 0.15) is 11.3 Å². The molecule has 0 atom stereocenters. The number of hydrogen-bond acceptors (Lipinski definition) is 6. The Hall–Kier alpha value is -3.93. The first-order valence-corrected chi connectivity index (χ1v) is 10.8. The van der Waals surface area contributed by atoms with Gasteiger partial charge in [0, 0.05) is 44.5 Å². The molecule has 35 heavy (non-hydrogen) atoms. The zero-order chi connectivity index (χ0) is 25.0. The number of halogens is 4. The van der Waals surface area contributed by atoms with Crippen LogP contribution in [0.15, 0.2) is 54.6 Å². The molecule has 0 unspecified atom stereocenters. The van der Waals surface area contributed by atoms with E-state index in [2.05, 4.69) is 25.5 Å². The summed E-state index contributed by atoms with van der Waals surface area (Å²) in [6.45, 7) is 2.86. The Bertz CT molecular complexity index is 1180. The van der Waals surface area contributed by atoms with E-state index in [9.17, 15) is 22.4 Å². The molecule has 4 N–H and O–H groups in total. The number of aromatic nitrogens is 2. The molecule has 0 spiro atoms. The summed E-state index contributed by atoms with van der Waals surface area (Å²) in [6, 6.07) is 13.5. The highest BCUT2D eigenvalue weighted by molar-refractivity contribution is 5.99. The number of hydrogen-bond donors (Lipinski definition) is 3. The molecule has 2 aromatic carbocycles. The third kappa shape index (κ3) is 6.35. The number of alkyl halides is 3. The number of benzene rings is 2. The summed E-state index contributed by atoms with van der Waals surface area (Å²) in [7, 11) is 0. The molecule has 0 aliphatic carbocycles. The summed E-state index contributed by atoms with van der Waals surface area (Å²) in [6.07, 6.45) is -4.59. The van der Waals surface area contributed by atoms with Gasteiger partial charge in [-0.05, 0) is 29.8 Å². The molecule has 1 aromatic heterocycles. The molecule has 0 bridgehead atoms. The monoisotopic (exact) mass is 489 g/mol. The predicted octanol–water partition coefficient (Wildman–Crippen LogP) is 4.18. The quantitative estimate of drug-likeness (QED) is 0.465. The molecule has 2 heterocycles. The van der Waals surface area contributed by atoms with Gasteiger partial charge in [-0.1, -0.05) is 24.3 Å². The molecule has 8 nitrogen and oxygen atoms in total. The molecular weight excluding hydrogens is 466 g/mol. The van der Waals surface area contributed by atoms with Crippen LogP contribution < -0.4 is 21.3 Å². The van der Waals surface area contributed by atoms with Gasteiger partial charge in [0.15, 0.2) is 5.69 Å². The normalized spacial score (nSPS) is 14.6. The number of piperazine rings is 1. The second kappa shape index (κ2) is 10.1. The number of carbonyl (C=O) groups excluding carboxylic acids is 1. The number of carbonyl (C=O) groups is 1. The predicted molar refractivity (Wildman–Crippen MR) is 124 cm³/mol. The lowest BCUT2D eigenvalue weighted by molar-refractivity contribution is -0.141. The average Bonchev–Trinajstić information content (AvgIpc) is 2.81. The van der Waals surface area contributed by atoms with Crippen molar-refractivity contribution in [2.75, 3.05) is 47.4 Å². The third-order valence-corrected chi connectivity index (χ3v) is 5.46. The number of anilines is 4. The largest absolute Gasteiger partial charge is 0.433 e. The van der Waals surface area contributed by atoms with Crippen LogP contribution in [0.5, 0.6) is 0 Å². The topological polar surface area (TPSA) is 99.4 Å². The van der Waals surface area contributed by atoms with Crippen LogP contribution in [0.4, 0.5) is 45.5 Å². The zero-order valence-corrected chi connectivity index (χ0v) is 18.5. The minimum absolute atomic E-state index is 0.0834. The van der Waals surface area contributed by atoms with Gasteiger partial charge in [-0.2, -0.15) is 18.2 Å². The van der Waals surface area contributed by atoms with Crippen LogP contribution >= 0.6 is 0 Å². The van der Waals surface area contributed by atoms with Crippen molar-refractivity contribution in [3.05, 3.63) is 71.7 Å². The SMILES string of the molecule is Nc1nc(N2CCN(Cc3ccc(NC(=O)Nc4ccccc4F)cc3)CC2)cc(C(F)(F)F)n1.